The van der Waals surface area contributed by atoms with Crippen molar-refractivity contribution in [2.45, 2.75) is 18.9 Å². The number of nitro benzene ring substituents is 1. The van der Waals surface area contributed by atoms with Crippen LogP contribution in [-0.2, 0) is 16.0 Å². The van der Waals surface area contributed by atoms with Gasteiger partial charge in [-0.15, -0.1) is 0 Å². The van der Waals surface area contributed by atoms with Crippen molar-refractivity contribution in [2.24, 2.45) is 0 Å². The van der Waals surface area contributed by atoms with Gasteiger partial charge in [0.2, 0.25) is 5.91 Å². The van der Waals surface area contributed by atoms with E-state index in [1.165, 1.54) is 29.2 Å². The van der Waals surface area contributed by atoms with Crippen LogP contribution < -0.4 is 4.90 Å². The molecule has 3 amide bonds. The number of amides is 3. The molecule has 1 saturated heterocycles. The van der Waals surface area contributed by atoms with Crippen molar-refractivity contribution < 1.29 is 19.3 Å². The molecule has 4 rings (SSSR count). The Labute approximate surface area is 204 Å². The molecule has 3 aromatic rings. The Bertz CT molecular complexity index is 1250. The number of non-ortho nitro benzene ring substituents is 1. The van der Waals surface area contributed by atoms with Crippen molar-refractivity contribution in [3.05, 3.63) is 105 Å². The molecule has 0 saturated carbocycles. The van der Waals surface area contributed by atoms with Gasteiger partial charge in [-0.25, -0.2) is 4.90 Å². The van der Waals surface area contributed by atoms with Crippen LogP contribution in [0.25, 0.3) is 0 Å². The van der Waals surface area contributed by atoms with E-state index < -0.39 is 28.7 Å². The average Bonchev–Trinajstić information content (AvgIpc) is 3.14. The fourth-order valence-corrected chi connectivity index (χ4v) is 4.20. The topological polar surface area (TPSA) is 101 Å². The summed E-state index contributed by atoms with van der Waals surface area (Å²) in [6, 6.07) is 20.6. The number of rotatable bonds is 7. The van der Waals surface area contributed by atoms with Crippen LogP contribution in [0.2, 0.25) is 0 Å². The largest absolute Gasteiger partial charge is 0.326 e. The fraction of sp³-hybridized carbons (Fsp3) is 0.160. The summed E-state index contributed by atoms with van der Waals surface area (Å²) < 4.78 is 0.803. The molecule has 9 heteroatoms. The SMILES string of the molecule is O=C1CC(N(CCc2ccccc2)C(=O)c2cccc([N+](=O)[O-])c2)C(=O)N1c1ccc(Br)cc1. The summed E-state index contributed by atoms with van der Waals surface area (Å²) >= 11 is 3.33. The number of anilines is 1. The smallest absolute Gasteiger partial charge is 0.270 e. The van der Waals surface area contributed by atoms with E-state index in [-0.39, 0.29) is 24.2 Å². The van der Waals surface area contributed by atoms with Crippen molar-refractivity contribution in [1.29, 1.82) is 0 Å². The van der Waals surface area contributed by atoms with E-state index in [1.54, 1.807) is 24.3 Å². The minimum absolute atomic E-state index is 0.0876. The first-order valence-corrected chi connectivity index (χ1v) is 11.4. The minimum atomic E-state index is -1.01. The van der Waals surface area contributed by atoms with Crippen LogP contribution in [0.4, 0.5) is 11.4 Å². The summed E-state index contributed by atoms with van der Waals surface area (Å²) in [6.07, 6.45) is 0.294. The molecule has 1 atom stereocenters. The van der Waals surface area contributed by atoms with Crippen LogP contribution in [0.5, 0.6) is 0 Å². The number of nitrogens with zero attached hydrogens (tertiary/aromatic N) is 3. The third kappa shape index (κ3) is 4.89. The quantitative estimate of drug-likeness (QED) is 0.261. The van der Waals surface area contributed by atoms with E-state index in [0.717, 1.165) is 14.9 Å². The van der Waals surface area contributed by atoms with Gasteiger partial charge in [0.15, 0.2) is 0 Å². The zero-order valence-corrected chi connectivity index (χ0v) is 19.6. The van der Waals surface area contributed by atoms with Crippen molar-refractivity contribution >= 4 is 45.0 Å². The number of halogens is 1. The molecule has 172 valence electrons. The predicted octanol–water partition coefficient (Wildman–Crippen LogP) is 4.37. The molecule has 0 aromatic heterocycles. The first kappa shape index (κ1) is 23.3. The lowest BCUT2D eigenvalue weighted by atomic mass is 10.1. The number of hydrogen-bond acceptors (Lipinski definition) is 5. The maximum Gasteiger partial charge on any atom is 0.270 e. The van der Waals surface area contributed by atoms with Gasteiger partial charge in [0.25, 0.3) is 17.5 Å². The molecule has 34 heavy (non-hydrogen) atoms. The first-order valence-electron chi connectivity index (χ1n) is 10.6. The number of carbonyl (C=O) groups excluding carboxylic acids is 3. The molecule has 1 heterocycles. The molecule has 0 aliphatic carbocycles. The number of benzene rings is 3. The Morgan fingerprint density at radius 3 is 2.41 bits per heavy atom. The lowest BCUT2D eigenvalue weighted by molar-refractivity contribution is -0.384. The molecular formula is C25H20BrN3O5. The van der Waals surface area contributed by atoms with E-state index in [9.17, 15) is 24.5 Å². The second-order valence-corrected chi connectivity index (χ2v) is 8.72. The maximum atomic E-state index is 13.5. The van der Waals surface area contributed by atoms with Crippen LogP contribution in [0.15, 0.2) is 83.3 Å². The van der Waals surface area contributed by atoms with Crippen molar-refractivity contribution in [3.8, 4) is 0 Å². The Kier molecular flexibility index (Phi) is 6.83. The second-order valence-electron chi connectivity index (χ2n) is 7.81. The molecular weight excluding hydrogens is 502 g/mol. The summed E-state index contributed by atoms with van der Waals surface area (Å²) in [7, 11) is 0. The van der Waals surface area contributed by atoms with Gasteiger partial charge in [-0.05, 0) is 42.3 Å². The van der Waals surface area contributed by atoms with E-state index in [4.69, 9.17) is 0 Å². The van der Waals surface area contributed by atoms with Crippen LogP contribution in [0, 0.1) is 10.1 Å². The lowest BCUT2D eigenvalue weighted by Crippen LogP contribution is -2.46. The Morgan fingerprint density at radius 2 is 1.74 bits per heavy atom. The van der Waals surface area contributed by atoms with Gasteiger partial charge >= 0.3 is 0 Å². The number of imide groups is 1. The Hall–Kier alpha value is -3.85. The molecule has 1 unspecified atom stereocenters. The van der Waals surface area contributed by atoms with Crippen molar-refractivity contribution in [2.75, 3.05) is 11.4 Å². The van der Waals surface area contributed by atoms with E-state index in [1.807, 2.05) is 30.3 Å². The highest BCUT2D eigenvalue weighted by Gasteiger charge is 2.44. The molecule has 1 fully saturated rings. The highest BCUT2D eigenvalue weighted by atomic mass is 79.9. The summed E-state index contributed by atoms with van der Waals surface area (Å²) in [5.41, 5.74) is 1.25. The zero-order chi connectivity index (χ0) is 24.2. The summed E-state index contributed by atoms with van der Waals surface area (Å²) in [4.78, 5) is 52.7. The number of hydrogen-bond donors (Lipinski definition) is 0. The summed E-state index contributed by atoms with van der Waals surface area (Å²) in [5, 5.41) is 11.2. The monoisotopic (exact) mass is 521 g/mol. The van der Waals surface area contributed by atoms with Crippen molar-refractivity contribution in [3.63, 3.8) is 0 Å². The first-order chi connectivity index (χ1) is 16.3. The predicted molar refractivity (Wildman–Crippen MR) is 129 cm³/mol. The summed E-state index contributed by atoms with van der Waals surface area (Å²) in [6.45, 7) is 0.170. The van der Waals surface area contributed by atoms with Crippen molar-refractivity contribution in [1.82, 2.24) is 4.90 Å². The van der Waals surface area contributed by atoms with Crippen LogP contribution in [0.3, 0.4) is 0 Å². The number of nitro groups is 1. The molecule has 0 bridgehead atoms. The Balaban J connectivity index is 1.66. The van der Waals surface area contributed by atoms with Gasteiger partial charge in [0.05, 0.1) is 17.0 Å². The second kappa shape index (κ2) is 9.96. The van der Waals surface area contributed by atoms with E-state index in [2.05, 4.69) is 15.9 Å². The van der Waals surface area contributed by atoms with Crippen LogP contribution in [-0.4, -0.2) is 40.1 Å². The van der Waals surface area contributed by atoms with Crippen LogP contribution in [0.1, 0.15) is 22.3 Å². The van der Waals surface area contributed by atoms with Gasteiger partial charge in [-0.1, -0.05) is 52.3 Å². The van der Waals surface area contributed by atoms with Gasteiger partial charge in [-0.2, -0.15) is 0 Å². The molecule has 8 nitrogen and oxygen atoms in total. The molecule has 1 aliphatic rings. The zero-order valence-electron chi connectivity index (χ0n) is 18.0. The van der Waals surface area contributed by atoms with Gasteiger partial charge < -0.3 is 4.90 Å². The molecule has 3 aromatic carbocycles. The highest BCUT2D eigenvalue weighted by Crippen LogP contribution is 2.28. The fourth-order valence-electron chi connectivity index (χ4n) is 3.93. The lowest BCUT2D eigenvalue weighted by Gasteiger charge is -2.28. The molecule has 0 N–H and O–H groups in total. The maximum absolute atomic E-state index is 13.5. The highest BCUT2D eigenvalue weighted by molar-refractivity contribution is 9.10. The standard InChI is InChI=1S/C25H20BrN3O5/c26-19-9-11-20(12-10-19)28-23(30)16-22(25(28)32)27(14-13-17-5-2-1-3-6-17)24(31)18-7-4-8-21(15-18)29(33)34/h1-12,15,22H,13-14,16H2. The molecule has 1 aliphatic heterocycles. The average molecular weight is 522 g/mol. The van der Waals surface area contributed by atoms with Gasteiger partial charge in [0.1, 0.15) is 6.04 Å². The number of carbonyl (C=O) groups is 3. The van der Waals surface area contributed by atoms with E-state index >= 15 is 0 Å². The third-order valence-corrected chi connectivity index (χ3v) is 6.16. The Morgan fingerprint density at radius 1 is 1.03 bits per heavy atom. The third-order valence-electron chi connectivity index (χ3n) is 5.63. The van der Waals surface area contributed by atoms with E-state index in [0.29, 0.717) is 12.1 Å². The minimum Gasteiger partial charge on any atom is -0.326 e. The molecule has 0 radical (unpaired) electrons. The summed E-state index contributed by atoms with van der Waals surface area (Å²) in [5.74, 6) is -1.45. The van der Waals surface area contributed by atoms with Crippen LogP contribution >= 0.6 is 15.9 Å². The van der Waals surface area contributed by atoms with Gasteiger partial charge in [0, 0.05) is 28.7 Å². The normalized spacial score (nSPS) is 15.4. The van der Waals surface area contributed by atoms with Gasteiger partial charge in [-0.3, -0.25) is 24.5 Å². The molecule has 0 spiro atoms.